The van der Waals surface area contributed by atoms with E-state index in [1.54, 1.807) is 4.74 Å². The van der Waals surface area contributed by atoms with Gasteiger partial charge in [0.05, 0.1) is 0 Å². The average Bonchev–Trinajstić information content (AvgIpc) is 2.39. The number of halogens is 14. The maximum absolute atomic E-state index is 13.2. The molecule has 0 amide bonds. The fourth-order valence-electron chi connectivity index (χ4n) is 1.15. The zero-order valence-electron chi connectivity index (χ0n) is 12.3. The summed E-state index contributed by atoms with van der Waals surface area (Å²) < 4.78 is 172. The van der Waals surface area contributed by atoms with Gasteiger partial charge < -0.3 is 4.74 Å². The molecule has 0 radical (unpaired) electrons. The summed E-state index contributed by atoms with van der Waals surface area (Å²) in [6, 6.07) is 0. The number of rotatable bonds is 11. The molecule has 0 aromatic heterocycles. The minimum atomic E-state index is -7.08. The van der Waals surface area contributed by atoms with Crippen LogP contribution in [0.1, 0.15) is 6.42 Å². The third-order valence-corrected chi connectivity index (χ3v) is 2.93. The van der Waals surface area contributed by atoms with Gasteiger partial charge in [-0.1, -0.05) is 15.9 Å². The summed E-state index contributed by atoms with van der Waals surface area (Å²) in [6.07, 6.45) is -27.7. The molecule has 0 rings (SSSR count). The van der Waals surface area contributed by atoms with Crippen molar-refractivity contribution in [2.45, 2.75) is 43.0 Å². The molecule has 0 aromatic carbocycles. The van der Waals surface area contributed by atoms with E-state index in [2.05, 4.69) is 20.7 Å². The van der Waals surface area contributed by atoms with Gasteiger partial charge in [0.15, 0.2) is 0 Å². The van der Waals surface area contributed by atoms with E-state index in [9.17, 15) is 57.1 Å². The van der Waals surface area contributed by atoms with Crippen LogP contribution < -0.4 is 0 Å². The van der Waals surface area contributed by atoms with Crippen molar-refractivity contribution in [3.63, 3.8) is 0 Å². The van der Waals surface area contributed by atoms with Gasteiger partial charge in [0.25, 0.3) is 0 Å². The van der Waals surface area contributed by atoms with Crippen molar-refractivity contribution in [1.82, 2.24) is 0 Å². The molecular weight excluding hydrogens is 495 g/mol. The molecule has 164 valence electrons. The lowest BCUT2D eigenvalue weighted by atomic mass is 10.1. The molecule has 0 saturated heterocycles. The van der Waals surface area contributed by atoms with Crippen LogP contribution in [0.4, 0.5) is 57.1 Å². The Balaban J connectivity index is 5.45. The van der Waals surface area contributed by atoms with Crippen molar-refractivity contribution in [3.05, 3.63) is 0 Å². The number of hydrogen-bond donors (Lipinski definition) is 0. The molecule has 0 unspecified atom stereocenters. The fraction of sp³-hybridized carbons (Fsp3) is 1.00. The molecule has 0 aliphatic heterocycles. The largest absolute Gasteiger partial charge is 0.527 e. The lowest BCUT2D eigenvalue weighted by Gasteiger charge is -2.35. The highest BCUT2D eigenvalue weighted by Gasteiger charge is 2.78. The molecule has 17 heteroatoms. The SMILES string of the molecule is FC(F)(F)OC(F)(F)C(F)(F)OC(F)(F)C(F)(F)C(F)(F)COCCCBr. The maximum Gasteiger partial charge on any atom is 0.527 e. The summed E-state index contributed by atoms with van der Waals surface area (Å²) in [5.41, 5.74) is 0. The molecular formula is C10H8BrF13O3. The van der Waals surface area contributed by atoms with Gasteiger partial charge in [0, 0.05) is 11.9 Å². The van der Waals surface area contributed by atoms with Gasteiger partial charge in [-0.15, -0.1) is 13.2 Å². The first-order valence-electron chi connectivity index (χ1n) is 6.22. The normalized spacial score (nSPS) is 15.3. The van der Waals surface area contributed by atoms with E-state index in [1.807, 2.05) is 0 Å². The quantitative estimate of drug-likeness (QED) is 0.215. The Labute approximate surface area is 149 Å². The van der Waals surface area contributed by atoms with Crippen molar-refractivity contribution in [1.29, 1.82) is 0 Å². The molecule has 0 heterocycles. The van der Waals surface area contributed by atoms with Crippen LogP contribution in [-0.4, -0.2) is 55.1 Å². The van der Waals surface area contributed by atoms with E-state index in [1.165, 1.54) is 4.74 Å². The summed E-state index contributed by atoms with van der Waals surface area (Å²) in [5.74, 6) is -12.8. The Morgan fingerprint density at radius 3 is 1.48 bits per heavy atom. The zero-order chi connectivity index (χ0) is 21.9. The standard InChI is InChI=1S/C10H8BrF13O3/c11-2-1-3-25-4-5(12,13)6(14,15)7(16,17)26-8(18,19)9(20,21)27-10(22,23)24/h1-4H2. The van der Waals surface area contributed by atoms with Gasteiger partial charge in [0.2, 0.25) is 0 Å². The molecule has 0 N–H and O–H groups in total. The number of ether oxygens (including phenoxy) is 3. The van der Waals surface area contributed by atoms with E-state index in [0.29, 0.717) is 0 Å². The van der Waals surface area contributed by atoms with E-state index in [4.69, 9.17) is 0 Å². The molecule has 0 saturated carbocycles. The molecule has 3 nitrogen and oxygen atoms in total. The lowest BCUT2D eigenvalue weighted by Crippen LogP contribution is -2.61. The van der Waals surface area contributed by atoms with Gasteiger partial charge in [-0.3, -0.25) is 0 Å². The molecule has 0 fully saturated rings. The zero-order valence-corrected chi connectivity index (χ0v) is 13.9. The second-order valence-electron chi connectivity index (χ2n) is 4.57. The molecule has 0 bridgehead atoms. The van der Waals surface area contributed by atoms with Gasteiger partial charge in [-0.2, -0.15) is 43.9 Å². The van der Waals surface area contributed by atoms with Crippen LogP contribution in [0, 0.1) is 0 Å². The maximum atomic E-state index is 13.2. The first kappa shape index (κ1) is 26.4. The van der Waals surface area contributed by atoms with Crippen LogP contribution in [-0.2, 0) is 14.2 Å². The lowest BCUT2D eigenvalue weighted by molar-refractivity contribution is -0.547. The molecule has 0 aliphatic carbocycles. The Morgan fingerprint density at radius 2 is 1.07 bits per heavy atom. The first-order valence-corrected chi connectivity index (χ1v) is 7.34. The summed E-state index contributed by atoms with van der Waals surface area (Å²) in [4.78, 5) is 0. The summed E-state index contributed by atoms with van der Waals surface area (Å²) in [6.45, 7) is -3.13. The molecule has 0 spiro atoms. The van der Waals surface area contributed by atoms with Crippen LogP contribution in [0.5, 0.6) is 0 Å². The second kappa shape index (κ2) is 8.44. The van der Waals surface area contributed by atoms with E-state index >= 15 is 0 Å². The highest BCUT2D eigenvalue weighted by Crippen LogP contribution is 2.51. The van der Waals surface area contributed by atoms with E-state index in [-0.39, 0.29) is 11.8 Å². The van der Waals surface area contributed by atoms with Gasteiger partial charge in [-0.05, 0) is 6.42 Å². The van der Waals surface area contributed by atoms with E-state index < -0.39 is 49.7 Å². The number of hydrogen-bond acceptors (Lipinski definition) is 3. The fourth-order valence-corrected chi connectivity index (χ4v) is 1.38. The molecule has 0 aromatic rings. The number of alkyl halides is 14. The summed E-state index contributed by atoms with van der Waals surface area (Å²) >= 11 is 2.77. The monoisotopic (exact) mass is 502 g/mol. The predicted molar refractivity (Wildman–Crippen MR) is 62.2 cm³/mol. The minimum Gasteiger partial charge on any atom is -0.375 e. The van der Waals surface area contributed by atoms with Gasteiger partial charge in [-0.25, -0.2) is 9.47 Å². The van der Waals surface area contributed by atoms with Crippen molar-refractivity contribution < 1.29 is 71.3 Å². The third-order valence-electron chi connectivity index (χ3n) is 2.37. The first-order chi connectivity index (χ1) is 11.7. The van der Waals surface area contributed by atoms with Crippen molar-refractivity contribution in [2.24, 2.45) is 0 Å². The smallest absolute Gasteiger partial charge is 0.375 e. The summed E-state index contributed by atoms with van der Waals surface area (Å²) in [5, 5.41) is 0.120. The van der Waals surface area contributed by atoms with Crippen LogP contribution in [0.25, 0.3) is 0 Å². The third kappa shape index (κ3) is 6.77. The summed E-state index contributed by atoms with van der Waals surface area (Å²) in [7, 11) is 0. The van der Waals surface area contributed by atoms with Gasteiger partial charge in [0.1, 0.15) is 6.61 Å². The van der Waals surface area contributed by atoms with Crippen molar-refractivity contribution in [3.8, 4) is 0 Å². The Morgan fingerprint density at radius 1 is 0.630 bits per heavy atom. The average molecular weight is 503 g/mol. The highest BCUT2D eigenvalue weighted by molar-refractivity contribution is 9.09. The molecule has 27 heavy (non-hydrogen) atoms. The van der Waals surface area contributed by atoms with Crippen LogP contribution >= 0.6 is 15.9 Å². The Bertz CT molecular complexity index is 479. The molecule has 0 aliphatic rings. The van der Waals surface area contributed by atoms with Crippen molar-refractivity contribution in [2.75, 3.05) is 18.5 Å². The van der Waals surface area contributed by atoms with E-state index in [0.717, 1.165) is 0 Å². The topological polar surface area (TPSA) is 27.7 Å². The van der Waals surface area contributed by atoms with Crippen LogP contribution in [0.3, 0.4) is 0 Å². The molecule has 0 atom stereocenters. The van der Waals surface area contributed by atoms with Crippen molar-refractivity contribution >= 4 is 15.9 Å². The van der Waals surface area contributed by atoms with Crippen LogP contribution in [0.2, 0.25) is 0 Å². The Kier molecular flexibility index (Phi) is 8.27. The predicted octanol–water partition coefficient (Wildman–Crippen LogP) is 5.39. The van der Waals surface area contributed by atoms with Crippen LogP contribution in [0.15, 0.2) is 0 Å². The Hall–Kier alpha value is -0.550. The van der Waals surface area contributed by atoms with Gasteiger partial charge >= 0.3 is 36.5 Å². The minimum absolute atomic E-state index is 0.0619. The highest BCUT2D eigenvalue weighted by atomic mass is 79.9. The second-order valence-corrected chi connectivity index (χ2v) is 5.37.